The molecule has 3 aromatic rings. The molecule has 9 heteroatoms. The number of nitrogens with zero attached hydrogens (tertiary/aromatic N) is 3. The van der Waals surface area contributed by atoms with Crippen molar-refractivity contribution in [1.29, 1.82) is 0 Å². The van der Waals surface area contributed by atoms with Crippen molar-refractivity contribution in [1.82, 2.24) is 15.0 Å². The third-order valence-corrected chi connectivity index (χ3v) is 5.60. The summed E-state index contributed by atoms with van der Waals surface area (Å²) in [5.74, 6) is 0.939. The Kier molecular flexibility index (Phi) is 8.12. The van der Waals surface area contributed by atoms with Gasteiger partial charge in [-0.15, -0.1) is 0 Å². The van der Waals surface area contributed by atoms with E-state index in [9.17, 15) is 4.79 Å². The van der Waals surface area contributed by atoms with E-state index in [0.717, 1.165) is 23.2 Å². The van der Waals surface area contributed by atoms with Gasteiger partial charge in [-0.3, -0.25) is 4.90 Å². The van der Waals surface area contributed by atoms with Crippen molar-refractivity contribution in [3.8, 4) is 11.4 Å². The zero-order valence-corrected chi connectivity index (χ0v) is 20.1. The molecule has 1 saturated heterocycles. The molecule has 0 saturated carbocycles. The first-order valence-corrected chi connectivity index (χ1v) is 11.6. The van der Waals surface area contributed by atoms with Gasteiger partial charge in [-0.05, 0) is 11.1 Å². The molecule has 0 radical (unpaired) electrons. The number of aromatic nitrogens is 2. The molecule has 1 N–H and O–H groups in total. The maximum Gasteiger partial charge on any atom is 0.506 e. The van der Waals surface area contributed by atoms with E-state index in [0.29, 0.717) is 44.6 Å². The van der Waals surface area contributed by atoms with E-state index in [-0.39, 0.29) is 18.1 Å². The topological polar surface area (TPSA) is 107 Å². The van der Waals surface area contributed by atoms with Crippen molar-refractivity contribution in [2.24, 2.45) is 5.41 Å². The first-order valence-electron chi connectivity index (χ1n) is 11.6. The minimum atomic E-state index is -1.22. The Hall–Kier alpha value is -3.27. The third-order valence-electron chi connectivity index (χ3n) is 5.60. The summed E-state index contributed by atoms with van der Waals surface area (Å²) in [7, 11) is 0. The van der Waals surface area contributed by atoms with Crippen LogP contribution in [0, 0.1) is 5.41 Å². The number of carbonyl (C=O) groups is 1. The summed E-state index contributed by atoms with van der Waals surface area (Å²) >= 11 is 0. The number of benzene rings is 2. The van der Waals surface area contributed by atoms with Gasteiger partial charge in [0, 0.05) is 30.6 Å². The first kappa shape index (κ1) is 24.8. The van der Waals surface area contributed by atoms with E-state index in [4.69, 9.17) is 23.8 Å². The van der Waals surface area contributed by atoms with Gasteiger partial charge in [0.1, 0.15) is 12.7 Å². The summed E-state index contributed by atoms with van der Waals surface area (Å²) < 4.78 is 21.8. The van der Waals surface area contributed by atoms with Crippen LogP contribution in [0.5, 0.6) is 0 Å². The average molecular weight is 482 g/mol. The van der Waals surface area contributed by atoms with Gasteiger partial charge >= 0.3 is 6.16 Å². The maximum absolute atomic E-state index is 10.6. The van der Waals surface area contributed by atoms with Crippen LogP contribution in [0.15, 0.2) is 59.1 Å². The molecule has 1 aliphatic rings. The Morgan fingerprint density at radius 3 is 2.40 bits per heavy atom. The van der Waals surface area contributed by atoms with Crippen molar-refractivity contribution >= 4 is 6.16 Å². The summed E-state index contributed by atoms with van der Waals surface area (Å²) in [6.07, 6.45) is -1.46. The molecule has 2 aromatic carbocycles. The average Bonchev–Trinajstić information content (AvgIpc) is 3.27. The summed E-state index contributed by atoms with van der Waals surface area (Å²) in [6, 6.07) is 18.0. The Morgan fingerprint density at radius 1 is 1.03 bits per heavy atom. The number of hydrogen-bond donors (Lipinski definition) is 1. The number of carboxylic acid groups (broad SMARTS) is 1. The predicted octanol–water partition coefficient (Wildman–Crippen LogP) is 4.38. The predicted molar refractivity (Wildman–Crippen MR) is 127 cm³/mol. The lowest BCUT2D eigenvalue weighted by molar-refractivity contribution is -0.0363. The van der Waals surface area contributed by atoms with Gasteiger partial charge in [-0.1, -0.05) is 73.6 Å². The molecule has 1 aromatic heterocycles. The Balaban J connectivity index is 1.18. The number of ether oxygens (including phenoxy) is 3. The molecule has 4 rings (SSSR count). The van der Waals surface area contributed by atoms with E-state index >= 15 is 0 Å². The summed E-state index contributed by atoms with van der Waals surface area (Å²) in [4.78, 5) is 17.1. The van der Waals surface area contributed by atoms with Crippen LogP contribution in [0.1, 0.15) is 30.9 Å². The highest BCUT2D eigenvalue weighted by atomic mass is 16.7. The van der Waals surface area contributed by atoms with E-state index in [2.05, 4.69) is 28.9 Å². The highest BCUT2D eigenvalue weighted by Gasteiger charge is 2.29. The van der Waals surface area contributed by atoms with Gasteiger partial charge in [0.25, 0.3) is 5.89 Å². The molecule has 0 spiro atoms. The summed E-state index contributed by atoms with van der Waals surface area (Å²) in [6.45, 7) is 8.04. The van der Waals surface area contributed by atoms with E-state index in [1.165, 1.54) is 0 Å². The molecule has 186 valence electrons. The Labute approximate surface area is 204 Å². The van der Waals surface area contributed by atoms with Crippen LogP contribution in [0.2, 0.25) is 0 Å². The van der Waals surface area contributed by atoms with E-state index in [1.807, 2.05) is 54.6 Å². The lowest BCUT2D eigenvalue weighted by Crippen LogP contribution is -2.52. The monoisotopic (exact) mass is 481 g/mol. The first-order chi connectivity index (χ1) is 16.9. The van der Waals surface area contributed by atoms with E-state index < -0.39 is 6.16 Å². The second-order valence-electron chi connectivity index (χ2n) is 9.54. The minimum Gasteiger partial charge on any atom is -0.450 e. The van der Waals surface area contributed by atoms with Crippen LogP contribution in [-0.2, 0) is 34.0 Å². The van der Waals surface area contributed by atoms with Crippen LogP contribution >= 0.6 is 0 Å². The van der Waals surface area contributed by atoms with Crippen molar-refractivity contribution in [3.63, 3.8) is 0 Å². The minimum absolute atomic E-state index is 0.149. The van der Waals surface area contributed by atoms with Gasteiger partial charge in [0.15, 0.2) is 0 Å². The summed E-state index contributed by atoms with van der Waals surface area (Å²) in [5, 5.41) is 12.7. The standard InChI is InChI=1S/C26H31N3O6/c1-26(2,17-32-15-20-6-4-3-5-7-20)18-33-16-23-27-24(28-35-23)21-10-8-19(9-11-21)12-29-13-22(14-29)34-25(30)31/h3-11,22H,12-18H2,1-2H3,(H,30,31). The molecular weight excluding hydrogens is 450 g/mol. The SMILES string of the molecule is CC(C)(COCc1ccccc1)COCc1nc(-c2ccc(CN3CC(OC(=O)O)C3)cc2)no1. The fourth-order valence-corrected chi connectivity index (χ4v) is 3.79. The van der Waals surface area contributed by atoms with Crippen molar-refractivity contribution in [2.45, 2.75) is 39.7 Å². The van der Waals surface area contributed by atoms with Crippen molar-refractivity contribution in [2.75, 3.05) is 26.3 Å². The molecule has 35 heavy (non-hydrogen) atoms. The zero-order valence-electron chi connectivity index (χ0n) is 20.1. The van der Waals surface area contributed by atoms with Crippen LogP contribution in [-0.4, -0.2) is 58.7 Å². The van der Waals surface area contributed by atoms with Crippen LogP contribution in [0.3, 0.4) is 0 Å². The Morgan fingerprint density at radius 2 is 1.71 bits per heavy atom. The molecule has 9 nitrogen and oxygen atoms in total. The van der Waals surface area contributed by atoms with Crippen LogP contribution in [0.25, 0.3) is 11.4 Å². The Bertz CT molecular complexity index is 1080. The molecule has 2 heterocycles. The van der Waals surface area contributed by atoms with E-state index in [1.54, 1.807) is 0 Å². The zero-order chi connectivity index (χ0) is 24.7. The largest absolute Gasteiger partial charge is 0.506 e. The molecule has 0 atom stereocenters. The number of rotatable bonds is 12. The van der Waals surface area contributed by atoms with Gasteiger partial charge in [-0.25, -0.2) is 4.79 Å². The molecule has 0 unspecified atom stereocenters. The molecule has 0 amide bonds. The second-order valence-corrected chi connectivity index (χ2v) is 9.54. The normalized spacial score (nSPS) is 14.6. The van der Waals surface area contributed by atoms with Crippen molar-refractivity contribution < 1.29 is 28.6 Å². The van der Waals surface area contributed by atoms with Crippen LogP contribution < -0.4 is 0 Å². The van der Waals surface area contributed by atoms with Crippen molar-refractivity contribution in [3.05, 3.63) is 71.6 Å². The molecule has 0 bridgehead atoms. The van der Waals surface area contributed by atoms with Gasteiger partial charge < -0.3 is 23.8 Å². The highest BCUT2D eigenvalue weighted by Crippen LogP contribution is 2.21. The lowest BCUT2D eigenvalue weighted by atomic mass is 9.96. The highest BCUT2D eigenvalue weighted by molar-refractivity contribution is 5.57. The summed E-state index contributed by atoms with van der Waals surface area (Å²) in [5.41, 5.74) is 2.97. The maximum atomic E-state index is 10.6. The molecule has 0 aliphatic carbocycles. The van der Waals surface area contributed by atoms with Gasteiger partial charge in [0.2, 0.25) is 5.82 Å². The van der Waals surface area contributed by atoms with Crippen LogP contribution in [0.4, 0.5) is 4.79 Å². The van der Waals surface area contributed by atoms with Gasteiger partial charge in [-0.2, -0.15) is 4.98 Å². The molecule has 1 aliphatic heterocycles. The molecular formula is C26H31N3O6. The molecule has 1 fully saturated rings. The quantitative estimate of drug-likeness (QED) is 0.377. The van der Waals surface area contributed by atoms with Gasteiger partial charge in [0.05, 0.1) is 19.8 Å². The lowest BCUT2D eigenvalue weighted by Gasteiger charge is -2.37. The third kappa shape index (κ3) is 7.61. The smallest absolute Gasteiger partial charge is 0.450 e. The number of likely N-dealkylation sites (tertiary alicyclic amines) is 1. The number of hydrogen-bond acceptors (Lipinski definition) is 8. The fourth-order valence-electron chi connectivity index (χ4n) is 3.79. The fraction of sp³-hybridized carbons (Fsp3) is 0.423. The second kappa shape index (κ2) is 11.4.